The van der Waals surface area contributed by atoms with Gasteiger partial charge >= 0.3 is 5.97 Å². The lowest BCUT2D eigenvalue weighted by atomic mass is 9.82. The van der Waals surface area contributed by atoms with E-state index in [1.165, 1.54) is 0 Å². The predicted molar refractivity (Wildman–Crippen MR) is 179 cm³/mol. The average molecular weight is 678 g/mol. The van der Waals surface area contributed by atoms with Gasteiger partial charge in [0.15, 0.2) is 0 Å². The van der Waals surface area contributed by atoms with Gasteiger partial charge in [0.25, 0.3) is 5.91 Å². The van der Waals surface area contributed by atoms with Gasteiger partial charge in [-0.3, -0.25) is 14.8 Å². The van der Waals surface area contributed by atoms with Crippen LogP contribution in [0.4, 0.5) is 0 Å². The lowest BCUT2D eigenvalue weighted by Crippen LogP contribution is -2.56. The number of fused-ring (bicyclic) bond motifs is 1. The molecule has 1 aliphatic rings. The Morgan fingerprint density at radius 1 is 1.09 bits per heavy atom. The van der Waals surface area contributed by atoms with E-state index in [-0.39, 0.29) is 23.2 Å². The standard InChI is InChI=1S/C35H41BrN4O3S/c1-21(2)18-35(32(42)43-34(6,7)8)19-23(27-20-37-15-16-38-27)29(30-39-26-11-9-10-12-28(26)44-30)40(35)31(41)22-13-14-24(25(36)17-22)33(3,4)5/h9-17,20-21,23,29H,18-19H2,1-8H3/t23-,29-,35+/m1/s1. The summed E-state index contributed by atoms with van der Waals surface area (Å²) in [6.07, 6.45) is 5.80. The lowest BCUT2D eigenvalue weighted by molar-refractivity contribution is -0.168. The molecule has 232 valence electrons. The summed E-state index contributed by atoms with van der Waals surface area (Å²) in [6.45, 7) is 16.2. The van der Waals surface area contributed by atoms with Crippen LogP contribution in [0.1, 0.15) is 107 Å². The number of nitrogens with zero attached hydrogens (tertiary/aromatic N) is 4. The molecule has 0 spiro atoms. The summed E-state index contributed by atoms with van der Waals surface area (Å²) < 4.78 is 8.03. The van der Waals surface area contributed by atoms with Gasteiger partial charge in [-0.1, -0.05) is 68.7 Å². The minimum Gasteiger partial charge on any atom is -0.458 e. The zero-order chi connectivity index (χ0) is 32.0. The number of halogens is 1. The number of rotatable bonds is 6. The van der Waals surface area contributed by atoms with Crippen molar-refractivity contribution in [3.63, 3.8) is 0 Å². The molecule has 1 fully saturated rings. The van der Waals surface area contributed by atoms with Gasteiger partial charge in [0.2, 0.25) is 0 Å². The van der Waals surface area contributed by atoms with Crippen LogP contribution in [-0.4, -0.2) is 42.9 Å². The highest BCUT2D eigenvalue weighted by atomic mass is 79.9. The number of hydrogen-bond donors (Lipinski definition) is 0. The van der Waals surface area contributed by atoms with Crippen LogP contribution in [0.25, 0.3) is 10.2 Å². The molecule has 2 aromatic heterocycles. The Balaban J connectivity index is 1.78. The number of hydrogen-bond acceptors (Lipinski definition) is 7. The maximum atomic E-state index is 15.0. The normalized spacial score (nSPS) is 20.8. The summed E-state index contributed by atoms with van der Waals surface area (Å²) in [7, 11) is 0. The second-order valence-corrected chi connectivity index (χ2v) is 16.1. The van der Waals surface area contributed by atoms with E-state index in [4.69, 9.17) is 14.7 Å². The SMILES string of the molecule is CC(C)C[C@@]1(C(=O)OC(C)(C)C)C[C@H](c2cnccn2)[C@H](c2nc3ccccc3s2)N1C(=O)c1ccc(C(C)(C)C)c(Br)c1. The topological polar surface area (TPSA) is 85.3 Å². The van der Waals surface area contributed by atoms with Crippen molar-refractivity contribution in [2.45, 2.75) is 96.7 Å². The van der Waals surface area contributed by atoms with Crippen molar-refractivity contribution < 1.29 is 14.3 Å². The van der Waals surface area contributed by atoms with Gasteiger partial charge in [0.05, 0.1) is 22.0 Å². The van der Waals surface area contributed by atoms with E-state index >= 15 is 4.79 Å². The van der Waals surface area contributed by atoms with E-state index < -0.39 is 23.2 Å². The summed E-state index contributed by atoms with van der Waals surface area (Å²) in [4.78, 5) is 45.5. The highest BCUT2D eigenvalue weighted by Crippen LogP contribution is 2.55. The van der Waals surface area contributed by atoms with Crippen molar-refractivity contribution in [2.75, 3.05) is 0 Å². The van der Waals surface area contributed by atoms with E-state index in [9.17, 15) is 4.79 Å². The molecule has 5 rings (SSSR count). The number of amides is 1. The molecule has 0 aliphatic carbocycles. The van der Waals surface area contributed by atoms with Crippen molar-refractivity contribution in [3.8, 4) is 0 Å². The van der Waals surface area contributed by atoms with E-state index in [1.807, 2.05) is 63.2 Å². The fourth-order valence-electron chi connectivity index (χ4n) is 6.30. The number of thiazole rings is 1. The molecule has 1 amide bonds. The molecule has 0 saturated carbocycles. The molecule has 0 bridgehead atoms. The second-order valence-electron chi connectivity index (χ2n) is 14.2. The van der Waals surface area contributed by atoms with Gasteiger partial charge in [-0.15, -0.1) is 11.3 Å². The first-order valence-corrected chi connectivity index (χ1v) is 16.7. The minimum absolute atomic E-state index is 0.0874. The van der Waals surface area contributed by atoms with Crippen molar-refractivity contribution in [1.82, 2.24) is 19.9 Å². The Kier molecular flexibility index (Phi) is 8.77. The Bertz CT molecular complexity index is 1640. The van der Waals surface area contributed by atoms with Gasteiger partial charge in [-0.05, 0) is 74.8 Å². The van der Waals surface area contributed by atoms with Gasteiger partial charge in [-0.2, -0.15) is 0 Å². The zero-order valence-corrected chi connectivity index (χ0v) is 29.1. The molecule has 9 heteroatoms. The zero-order valence-electron chi connectivity index (χ0n) is 26.7. The minimum atomic E-state index is -1.27. The Hall–Kier alpha value is -3.17. The van der Waals surface area contributed by atoms with Crippen molar-refractivity contribution in [2.24, 2.45) is 5.92 Å². The average Bonchev–Trinajstić information content (AvgIpc) is 3.51. The quantitative estimate of drug-likeness (QED) is 0.190. The lowest BCUT2D eigenvalue weighted by Gasteiger charge is -2.41. The number of benzene rings is 2. The third kappa shape index (κ3) is 6.31. The third-order valence-corrected chi connectivity index (χ3v) is 9.74. The van der Waals surface area contributed by atoms with Crippen LogP contribution in [0.3, 0.4) is 0 Å². The van der Waals surface area contributed by atoms with Gasteiger partial charge < -0.3 is 9.64 Å². The molecular weight excluding hydrogens is 636 g/mol. The van der Waals surface area contributed by atoms with Crippen LogP contribution < -0.4 is 0 Å². The summed E-state index contributed by atoms with van der Waals surface area (Å²) in [5.41, 5.74) is 1.03. The first-order valence-electron chi connectivity index (χ1n) is 15.1. The number of carbonyl (C=O) groups excluding carboxylic acids is 2. The highest BCUT2D eigenvalue weighted by molar-refractivity contribution is 9.10. The number of esters is 1. The first-order chi connectivity index (χ1) is 20.6. The molecule has 1 aliphatic heterocycles. The first kappa shape index (κ1) is 32.2. The summed E-state index contributed by atoms with van der Waals surface area (Å²) in [6, 6.07) is 13.1. The van der Waals surface area contributed by atoms with E-state index in [0.29, 0.717) is 24.1 Å². The Morgan fingerprint density at radius 2 is 1.82 bits per heavy atom. The maximum absolute atomic E-state index is 15.0. The second kappa shape index (κ2) is 12.0. The van der Waals surface area contributed by atoms with Crippen LogP contribution in [0.5, 0.6) is 0 Å². The van der Waals surface area contributed by atoms with Crippen LogP contribution in [-0.2, 0) is 14.9 Å². The fourth-order valence-corrected chi connectivity index (χ4v) is 8.40. The number of para-hydroxylation sites is 1. The molecule has 0 N–H and O–H groups in total. The van der Waals surface area contributed by atoms with Gasteiger partial charge in [0, 0.05) is 34.5 Å². The predicted octanol–water partition coefficient (Wildman–Crippen LogP) is 8.64. The maximum Gasteiger partial charge on any atom is 0.332 e. The monoisotopic (exact) mass is 676 g/mol. The van der Waals surface area contributed by atoms with E-state index in [1.54, 1.807) is 34.8 Å². The third-order valence-electron chi connectivity index (χ3n) is 7.97. The molecule has 3 heterocycles. The van der Waals surface area contributed by atoms with Gasteiger partial charge in [-0.25, -0.2) is 9.78 Å². The molecule has 0 radical (unpaired) electrons. The van der Waals surface area contributed by atoms with E-state index in [2.05, 4.69) is 55.5 Å². The molecule has 7 nitrogen and oxygen atoms in total. The smallest absolute Gasteiger partial charge is 0.332 e. The summed E-state index contributed by atoms with van der Waals surface area (Å²) in [5, 5.41) is 0.759. The molecule has 44 heavy (non-hydrogen) atoms. The van der Waals surface area contributed by atoms with Crippen LogP contribution in [0, 0.1) is 5.92 Å². The van der Waals surface area contributed by atoms with Crippen LogP contribution in [0.15, 0.2) is 65.5 Å². The molecule has 0 unspecified atom stereocenters. The summed E-state index contributed by atoms with van der Waals surface area (Å²) in [5.74, 6) is -0.899. The number of aromatic nitrogens is 3. The number of ether oxygens (including phenoxy) is 1. The van der Waals surface area contributed by atoms with Crippen LogP contribution >= 0.6 is 27.3 Å². The van der Waals surface area contributed by atoms with Crippen LogP contribution in [0.2, 0.25) is 0 Å². The molecular formula is C35H41BrN4O3S. The number of carbonyl (C=O) groups is 2. The molecule has 2 aromatic carbocycles. The Morgan fingerprint density at radius 3 is 2.41 bits per heavy atom. The summed E-state index contributed by atoms with van der Waals surface area (Å²) >= 11 is 5.29. The van der Waals surface area contributed by atoms with Crippen molar-refractivity contribution in [3.05, 3.63) is 87.4 Å². The molecule has 3 atom stereocenters. The largest absolute Gasteiger partial charge is 0.458 e. The molecule has 4 aromatic rings. The van der Waals surface area contributed by atoms with Gasteiger partial charge in [0.1, 0.15) is 16.1 Å². The number of likely N-dealkylation sites (tertiary alicyclic amines) is 1. The fraction of sp³-hybridized carbons (Fsp3) is 0.457. The van der Waals surface area contributed by atoms with E-state index in [0.717, 1.165) is 25.3 Å². The Labute approximate surface area is 272 Å². The van der Waals surface area contributed by atoms with Crippen molar-refractivity contribution in [1.29, 1.82) is 0 Å². The molecule has 1 saturated heterocycles. The highest BCUT2D eigenvalue weighted by Gasteiger charge is 2.61. The van der Waals surface area contributed by atoms with Crippen molar-refractivity contribution >= 4 is 49.4 Å².